The van der Waals surface area contributed by atoms with Gasteiger partial charge in [-0.15, -0.1) is 5.10 Å². The predicted octanol–water partition coefficient (Wildman–Crippen LogP) is -0.432. The van der Waals surface area contributed by atoms with Crippen LogP contribution in [0.1, 0.15) is 56.7 Å². The van der Waals surface area contributed by atoms with Crippen molar-refractivity contribution in [2.75, 3.05) is 72.5 Å². The summed E-state index contributed by atoms with van der Waals surface area (Å²) in [6, 6.07) is 5.75. The van der Waals surface area contributed by atoms with Gasteiger partial charge in [0.05, 0.1) is 83.7 Å². The maximum absolute atomic E-state index is 12.4. The van der Waals surface area contributed by atoms with Gasteiger partial charge in [0.1, 0.15) is 17.9 Å². The molecule has 2 aliphatic heterocycles. The highest BCUT2D eigenvalue weighted by Gasteiger charge is 2.44. The van der Waals surface area contributed by atoms with Crippen molar-refractivity contribution in [3.05, 3.63) is 58.9 Å². The van der Waals surface area contributed by atoms with E-state index in [2.05, 4.69) is 26.3 Å². The summed E-state index contributed by atoms with van der Waals surface area (Å²) in [5.74, 6) is -1.92. The zero-order chi connectivity index (χ0) is 46.1. The van der Waals surface area contributed by atoms with Gasteiger partial charge in [-0.05, 0) is 30.5 Å². The third kappa shape index (κ3) is 19.8. The van der Waals surface area contributed by atoms with E-state index in [1.54, 1.807) is 28.9 Å². The van der Waals surface area contributed by atoms with Gasteiger partial charge in [-0.25, -0.2) is 0 Å². The van der Waals surface area contributed by atoms with Crippen LogP contribution in [-0.2, 0) is 72.0 Å². The number of benzene rings is 1. The van der Waals surface area contributed by atoms with Crippen molar-refractivity contribution >= 4 is 41.1 Å². The summed E-state index contributed by atoms with van der Waals surface area (Å²) in [6.07, 6.45) is 1.40. The largest absolute Gasteiger partial charge is 0.391 e. The molecule has 6 N–H and O–H groups in total. The summed E-state index contributed by atoms with van der Waals surface area (Å²) in [7, 11) is 0. The number of carbonyl (C=O) groups is 5. The number of aromatic nitrogens is 3. The molecule has 356 valence electrons. The number of aliphatic hydroxyl groups excluding tert-OH is 3. The fourth-order valence-electron chi connectivity index (χ4n) is 6.61. The molecule has 0 bridgehead atoms. The lowest BCUT2D eigenvalue weighted by atomic mass is 9.92. The van der Waals surface area contributed by atoms with E-state index in [0.717, 1.165) is 29.7 Å². The second kappa shape index (κ2) is 29.2. The Hall–Kier alpha value is -4.42. The lowest BCUT2D eigenvalue weighted by Gasteiger charge is -2.42. The Morgan fingerprint density at radius 2 is 1.52 bits per heavy atom. The van der Waals surface area contributed by atoms with E-state index in [0.29, 0.717) is 89.7 Å². The lowest BCUT2D eigenvalue weighted by Crippen LogP contribution is -2.63. The highest BCUT2D eigenvalue weighted by molar-refractivity contribution is 6.30. The van der Waals surface area contributed by atoms with E-state index in [1.165, 1.54) is 19.1 Å². The van der Waals surface area contributed by atoms with Crippen molar-refractivity contribution in [3.63, 3.8) is 0 Å². The second-order valence-corrected chi connectivity index (χ2v) is 15.6. The smallest absolute Gasteiger partial charge is 0.253 e. The average Bonchev–Trinajstić information content (AvgIpc) is 3.86. The van der Waals surface area contributed by atoms with E-state index in [9.17, 15) is 39.3 Å². The van der Waals surface area contributed by atoms with Crippen molar-refractivity contribution in [1.82, 2.24) is 35.8 Å². The molecule has 4 rings (SSSR count). The van der Waals surface area contributed by atoms with Crippen LogP contribution in [-0.4, -0.2) is 174 Å². The maximum atomic E-state index is 12.4. The molecule has 2 aromatic rings. The van der Waals surface area contributed by atoms with Gasteiger partial charge in [0.2, 0.25) is 17.7 Å². The van der Waals surface area contributed by atoms with Crippen LogP contribution in [0.2, 0.25) is 5.02 Å². The second-order valence-electron chi connectivity index (χ2n) is 15.1. The molecule has 0 saturated carbocycles. The van der Waals surface area contributed by atoms with Crippen LogP contribution in [0.25, 0.3) is 0 Å². The first-order chi connectivity index (χ1) is 30.9. The Kier molecular flexibility index (Phi) is 23.8. The number of halogens is 1. The van der Waals surface area contributed by atoms with Gasteiger partial charge in [0.25, 0.3) is 11.8 Å². The van der Waals surface area contributed by atoms with E-state index in [1.807, 2.05) is 6.20 Å². The van der Waals surface area contributed by atoms with Crippen molar-refractivity contribution in [1.29, 1.82) is 0 Å². The maximum Gasteiger partial charge on any atom is 0.253 e. The van der Waals surface area contributed by atoms with E-state index in [-0.39, 0.29) is 44.2 Å². The molecule has 2 aliphatic rings. The molecule has 1 saturated heterocycles. The standard InChI is InChI=1S/C42H62ClN7O14/c1-29(51)46-40-33(52)25-39(64-42(40)41(58)34(53)26-45-36(55)24-30-6-8-31(43)9-7-30)63-16-5-3-2-4-14-49-27-32(47-48-49)28-62-23-22-61-21-20-60-19-18-59-17-13-44-35(54)12-15-50-37(56)10-11-38(50)57/h6-11,27,33-34,39-42,52-53,58H,2-5,12-26,28H2,1H3,(H,44,54)(H,45,55)(H,46,51)/t33-,34+,39+,40+,41+,42+/m0/s1. The molecule has 6 atom stereocenters. The minimum atomic E-state index is -1.56. The third-order valence-corrected chi connectivity index (χ3v) is 10.2. The Morgan fingerprint density at radius 3 is 2.20 bits per heavy atom. The van der Waals surface area contributed by atoms with Gasteiger partial charge >= 0.3 is 0 Å². The molecule has 3 heterocycles. The number of nitrogens with zero attached hydrogens (tertiary/aromatic N) is 4. The number of nitrogens with one attached hydrogen (secondary N) is 3. The average molecular weight is 924 g/mol. The first kappa shape index (κ1) is 52.2. The molecule has 0 spiro atoms. The summed E-state index contributed by atoms with van der Waals surface area (Å²) >= 11 is 5.90. The summed E-state index contributed by atoms with van der Waals surface area (Å²) < 4.78 is 35.6. The van der Waals surface area contributed by atoms with Gasteiger partial charge in [0, 0.05) is 69.7 Å². The minimum Gasteiger partial charge on any atom is -0.391 e. The van der Waals surface area contributed by atoms with Crippen LogP contribution in [0.4, 0.5) is 0 Å². The Labute approximate surface area is 377 Å². The third-order valence-electron chi connectivity index (χ3n) is 9.97. The van der Waals surface area contributed by atoms with Crippen LogP contribution in [0.5, 0.6) is 0 Å². The lowest BCUT2D eigenvalue weighted by molar-refractivity contribution is -0.252. The number of carbonyl (C=O) groups excluding carboxylic acids is 5. The molecule has 21 nitrogen and oxygen atoms in total. The van der Waals surface area contributed by atoms with Crippen LogP contribution in [0.15, 0.2) is 42.6 Å². The molecule has 0 aliphatic carbocycles. The van der Waals surface area contributed by atoms with Gasteiger partial charge in [-0.1, -0.05) is 41.8 Å². The van der Waals surface area contributed by atoms with Gasteiger partial charge in [0.15, 0.2) is 6.29 Å². The number of hydrogen-bond acceptors (Lipinski definition) is 16. The van der Waals surface area contributed by atoms with Crippen molar-refractivity contribution < 1.29 is 67.7 Å². The quantitative estimate of drug-likeness (QED) is 0.0401. The molecule has 22 heteroatoms. The molecule has 1 aromatic heterocycles. The summed E-state index contributed by atoms with van der Waals surface area (Å²) in [6.45, 7) is 5.20. The monoisotopic (exact) mass is 923 g/mol. The number of aryl methyl sites for hydroxylation is 1. The van der Waals surface area contributed by atoms with Gasteiger partial charge in [-0.3, -0.25) is 33.6 Å². The van der Waals surface area contributed by atoms with Gasteiger partial charge < -0.3 is 59.7 Å². The predicted molar refractivity (Wildman–Crippen MR) is 227 cm³/mol. The summed E-state index contributed by atoms with van der Waals surface area (Å²) in [5, 5.41) is 49.3. The molecule has 64 heavy (non-hydrogen) atoms. The molecule has 1 fully saturated rings. The van der Waals surface area contributed by atoms with Crippen LogP contribution in [0, 0.1) is 0 Å². The topological polar surface area (TPSA) is 271 Å². The van der Waals surface area contributed by atoms with Crippen molar-refractivity contribution in [3.8, 4) is 0 Å². The fourth-order valence-corrected chi connectivity index (χ4v) is 6.74. The van der Waals surface area contributed by atoms with Crippen LogP contribution in [0.3, 0.4) is 0 Å². The Balaban J connectivity index is 0.966. The fraction of sp³-hybridized carbons (Fsp3) is 0.643. The number of hydrogen-bond donors (Lipinski definition) is 6. The molecular formula is C42H62ClN7O14. The first-order valence-corrected chi connectivity index (χ1v) is 21.9. The Bertz CT molecular complexity index is 1750. The first-order valence-electron chi connectivity index (χ1n) is 21.5. The van der Waals surface area contributed by atoms with E-state index < -0.39 is 54.5 Å². The molecule has 5 amide bonds. The van der Waals surface area contributed by atoms with Crippen LogP contribution < -0.4 is 16.0 Å². The minimum absolute atomic E-state index is 0.0304. The SMILES string of the molecule is CC(=O)N[C@H]1[C@H]([C@H](O)[C@H](O)CNC(=O)Cc2ccc(Cl)cc2)O[C@@H](OCCCCCCn2cc(COCCOCCOCCOCCNC(=O)CCN3C(=O)C=CC3=O)nn2)C[C@@H]1O. The number of rotatable bonds is 32. The zero-order valence-electron chi connectivity index (χ0n) is 36.1. The highest BCUT2D eigenvalue weighted by atomic mass is 35.5. The number of ether oxygens (including phenoxy) is 6. The number of amides is 5. The molecular weight excluding hydrogens is 862 g/mol. The number of unbranched alkanes of at least 4 members (excludes halogenated alkanes) is 3. The summed E-state index contributed by atoms with van der Waals surface area (Å²) in [5.41, 5.74) is 1.43. The number of imide groups is 1. The Morgan fingerprint density at radius 1 is 0.859 bits per heavy atom. The molecule has 0 radical (unpaired) electrons. The van der Waals surface area contributed by atoms with Crippen LogP contribution >= 0.6 is 11.6 Å². The number of aliphatic hydroxyl groups is 3. The summed E-state index contributed by atoms with van der Waals surface area (Å²) in [4.78, 5) is 60.2. The zero-order valence-corrected chi connectivity index (χ0v) is 36.9. The normalized spacial score (nSPS) is 19.5. The van der Waals surface area contributed by atoms with E-state index >= 15 is 0 Å². The molecule has 0 unspecified atom stereocenters. The van der Waals surface area contributed by atoms with E-state index in [4.69, 9.17) is 40.0 Å². The highest BCUT2D eigenvalue weighted by Crippen LogP contribution is 2.25. The van der Waals surface area contributed by atoms with Crippen molar-refractivity contribution in [2.45, 2.75) is 102 Å². The van der Waals surface area contributed by atoms with Gasteiger partial charge in [-0.2, -0.15) is 0 Å². The van der Waals surface area contributed by atoms with Crippen molar-refractivity contribution in [2.24, 2.45) is 0 Å². The molecule has 1 aromatic carbocycles.